The van der Waals surface area contributed by atoms with E-state index >= 15 is 0 Å². The van der Waals surface area contributed by atoms with Gasteiger partial charge >= 0.3 is 0 Å². The quantitative estimate of drug-likeness (QED) is 0.124. The van der Waals surface area contributed by atoms with Gasteiger partial charge in [0.15, 0.2) is 0 Å². The molecular formula is C44H41N. The van der Waals surface area contributed by atoms with E-state index in [9.17, 15) is 0 Å². The predicted octanol–water partition coefficient (Wildman–Crippen LogP) is 12.8. The van der Waals surface area contributed by atoms with Gasteiger partial charge in [-0.1, -0.05) is 123 Å². The third-order valence-corrected chi connectivity index (χ3v) is 10.6. The third-order valence-electron chi connectivity index (χ3n) is 10.6. The first-order valence-electron chi connectivity index (χ1n) is 16.5. The summed E-state index contributed by atoms with van der Waals surface area (Å²) in [5.74, 6) is 0. The van der Waals surface area contributed by atoms with Crippen molar-refractivity contribution in [2.75, 3.05) is 0 Å². The van der Waals surface area contributed by atoms with E-state index in [1.807, 2.05) is 0 Å². The fourth-order valence-corrected chi connectivity index (χ4v) is 8.17. The van der Waals surface area contributed by atoms with Gasteiger partial charge in [-0.05, 0) is 89.5 Å². The number of hydrogen-bond acceptors (Lipinski definition) is 0. The van der Waals surface area contributed by atoms with Crippen molar-refractivity contribution in [3.05, 3.63) is 102 Å². The minimum absolute atomic E-state index is 0.0373. The molecule has 3 aromatic heterocycles. The Morgan fingerprint density at radius 2 is 0.711 bits per heavy atom. The van der Waals surface area contributed by atoms with E-state index in [0.717, 1.165) is 0 Å². The van der Waals surface area contributed by atoms with Gasteiger partial charge in [-0.25, -0.2) is 0 Å². The summed E-state index contributed by atoms with van der Waals surface area (Å²) >= 11 is 0. The fourth-order valence-electron chi connectivity index (χ4n) is 8.17. The van der Waals surface area contributed by atoms with Crippen LogP contribution in [0, 0.1) is 0 Å². The summed E-state index contributed by atoms with van der Waals surface area (Å²) in [7, 11) is 0. The van der Waals surface area contributed by atoms with Crippen molar-refractivity contribution in [1.29, 1.82) is 0 Å². The monoisotopic (exact) mass is 583 g/mol. The zero-order chi connectivity index (χ0) is 31.4. The highest BCUT2D eigenvalue weighted by Crippen LogP contribution is 2.52. The molecule has 0 aliphatic heterocycles. The summed E-state index contributed by atoms with van der Waals surface area (Å²) < 4.78 is 2.66. The number of hydrogen-bond donors (Lipinski definition) is 0. The molecule has 0 aliphatic rings. The van der Waals surface area contributed by atoms with Gasteiger partial charge in [-0.2, -0.15) is 0 Å². The van der Waals surface area contributed by atoms with Crippen LogP contribution in [-0.2, 0) is 16.2 Å². The molecular weight excluding hydrogens is 542 g/mol. The van der Waals surface area contributed by atoms with Gasteiger partial charge in [-0.15, -0.1) is 0 Å². The smallest absolute Gasteiger partial charge is 0.0626 e. The Hall–Kier alpha value is -4.36. The van der Waals surface area contributed by atoms with E-state index in [4.69, 9.17) is 0 Å². The first-order chi connectivity index (χ1) is 21.2. The van der Waals surface area contributed by atoms with Crippen molar-refractivity contribution < 1.29 is 0 Å². The molecule has 0 aliphatic carbocycles. The van der Waals surface area contributed by atoms with Gasteiger partial charge in [0.1, 0.15) is 0 Å². The summed E-state index contributed by atoms with van der Waals surface area (Å²) in [6.45, 7) is 21.1. The summed E-state index contributed by atoms with van der Waals surface area (Å²) in [6.07, 6.45) is 0. The highest BCUT2D eigenvalue weighted by molar-refractivity contribution is 6.44. The first-order valence-corrected chi connectivity index (χ1v) is 16.5. The summed E-state index contributed by atoms with van der Waals surface area (Å²) in [5, 5.41) is 16.4. The zero-order valence-electron chi connectivity index (χ0n) is 28.0. The van der Waals surface area contributed by atoms with Crippen LogP contribution in [0.4, 0.5) is 0 Å². The van der Waals surface area contributed by atoms with Crippen molar-refractivity contribution in [2.24, 2.45) is 0 Å². The molecule has 0 radical (unpaired) electrons. The maximum Gasteiger partial charge on any atom is 0.0626 e. The third kappa shape index (κ3) is 3.45. The Balaban J connectivity index is 1.69. The minimum Gasteiger partial charge on any atom is -0.307 e. The Labute approximate surface area is 265 Å². The molecule has 6 aromatic carbocycles. The van der Waals surface area contributed by atoms with Crippen LogP contribution in [0.1, 0.15) is 79.0 Å². The molecule has 0 N–H and O–H groups in total. The highest BCUT2D eigenvalue weighted by atomic mass is 14.9. The number of pyridine rings is 2. The van der Waals surface area contributed by atoms with Crippen molar-refractivity contribution in [2.45, 2.75) is 78.6 Å². The number of nitrogens with zero attached hydrogens (tertiary/aromatic N) is 1. The summed E-state index contributed by atoms with van der Waals surface area (Å²) in [4.78, 5) is 0. The largest absolute Gasteiger partial charge is 0.307 e. The molecule has 0 amide bonds. The minimum atomic E-state index is 0.0373. The summed E-state index contributed by atoms with van der Waals surface area (Å²) in [5.41, 5.74) is 8.33. The second-order valence-electron chi connectivity index (χ2n) is 16.7. The van der Waals surface area contributed by atoms with E-state index < -0.39 is 0 Å². The highest BCUT2D eigenvalue weighted by Gasteiger charge is 2.29. The second-order valence-corrected chi connectivity index (χ2v) is 16.7. The summed E-state index contributed by atoms with van der Waals surface area (Å²) in [6, 6.07) is 33.2. The number of fused-ring (bicyclic) bond motifs is 11. The second kappa shape index (κ2) is 8.26. The van der Waals surface area contributed by atoms with Gasteiger partial charge in [0.25, 0.3) is 0 Å². The van der Waals surface area contributed by atoms with Crippen molar-refractivity contribution in [1.82, 2.24) is 4.40 Å². The van der Waals surface area contributed by atoms with Crippen LogP contribution in [0.5, 0.6) is 0 Å². The maximum absolute atomic E-state index is 2.66. The topological polar surface area (TPSA) is 4.41 Å². The molecule has 0 saturated carbocycles. The van der Waals surface area contributed by atoms with Crippen LogP contribution in [0.15, 0.2) is 84.9 Å². The molecule has 45 heavy (non-hydrogen) atoms. The van der Waals surface area contributed by atoms with E-state index in [1.54, 1.807) is 0 Å². The van der Waals surface area contributed by atoms with Gasteiger partial charge in [-0.3, -0.25) is 0 Å². The van der Waals surface area contributed by atoms with Gasteiger partial charge in [0, 0.05) is 32.3 Å². The molecule has 0 fully saturated rings. The van der Waals surface area contributed by atoms with Gasteiger partial charge in [0.05, 0.1) is 16.6 Å². The van der Waals surface area contributed by atoms with Crippen molar-refractivity contribution >= 4 is 81.2 Å². The van der Waals surface area contributed by atoms with Gasteiger partial charge in [0.2, 0.25) is 0 Å². The van der Waals surface area contributed by atoms with Crippen LogP contribution in [-0.4, -0.2) is 4.40 Å². The van der Waals surface area contributed by atoms with Crippen LogP contribution < -0.4 is 0 Å². The molecule has 3 heterocycles. The molecule has 9 aromatic rings. The standard InChI is InChI=1S/C44H41N/c1-42(2,3)25-18-24-19-26(43(4,5)6)23-35-36(24)34(22-25)37-38(35)41-31-17-13-11-15-29(31)33-21-27(44(7,8)9)20-32-28-14-10-12-16-30(28)40(37)45(41)39(32)33/h10-23H,1-9H3. The fraction of sp³-hybridized carbons (Fsp3) is 0.273. The first kappa shape index (κ1) is 27.0. The maximum atomic E-state index is 2.66. The van der Waals surface area contributed by atoms with Crippen LogP contribution in [0.2, 0.25) is 0 Å². The molecule has 0 atom stereocenters. The van der Waals surface area contributed by atoms with E-state index in [-0.39, 0.29) is 16.2 Å². The van der Waals surface area contributed by atoms with Crippen molar-refractivity contribution in [3.8, 4) is 0 Å². The SMILES string of the molecule is CC(C)(C)c1cc2cc(C(C)(C)C)cc3c2c(c1)c1c3c2c3ccccc3c3cc(C(C)(C)C)cc4c5ccccc5c1n2c43. The average Bonchev–Trinajstić information content (AvgIpc) is 3.50. The zero-order valence-corrected chi connectivity index (χ0v) is 28.0. The lowest BCUT2D eigenvalue weighted by molar-refractivity contribution is 0.590. The van der Waals surface area contributed by atoms with Crippen LogP contribution in [0.3, 0.4) is 0 Å². The lowest BCUT2D eigenvalue weighted by Gasteiger charge is -2.24. The number of aromatic nitrogens is 1. The number of benzene rings is 5. The molecule has 0 saturated heterocycles. The van der Waals surface area contributed by atoms with Crippen LogP contribution in [0.25, 0.3) is 81.2 Å². The molecule has 0 bridgehead atoms. The normalized spacial score (nSPS) is 13.9. The van der Waals surface area contributed by atoms with Gasteiger partial charge < -0.3 is 4.40 Å². The van der Waals surface area contributed by atoms with E-state index in [1.165, 1.54) is 97.9 Å². The molecule has 1 heteroatoms. The Kier molecular flexibility index (Phi) is 4.96. The average molecular weight is 584 g/mol. The molecule has 9 rings (SSSR count). The van der Waals surface area contributed by atoms with Crippen LogP contribution >= 0.6 is 0 Å². The van der Waals surface area contributed by atoms with E-state index in [0.29, 0.717) is 0 Å². The number of rotatable bonds is 0. The lowest BCUT2D eigenvalue weighted by Crippen LogP contribution is -2.12. The van der Waals surface area contributed by atoms with E-state index in [2.05, 4.69) is 152 Å². The molecule has 222 valence electrons. The molecule has 0 spiro atoms. The molecule has 1 nitrogen and oxygen atoms in total. The Morgan fingerprint density at radius 3 is 1.11 bits per heavy atom. The molecule has 0 unspecified atom stereocenters. The predicted molar refractivity (Wildman–Crippen MR) is 198 cm³/mol. The lowest BCUT2D eigenvalue weighted by atomic mass is 9.82. The Bertz CT molecular complexity index is 2510. The van der Waals surface area contributed by atoms with Crippen molar-refractivity contribution in [3.63, 3.8) is 0 Å². The Morgan fingerprint density at radius 1 is 0.356 bits per heavy atom.